The maximum Gasteiger partial charge on any atom is 0.225 e. The summed E-state index contributed by atoms with van der Waals surface area (Å²) in [6.45, 7) is 4.23. The van der Waals surface area contributed by atoms with Crippen LogP contribution in [-0.2, 0) is 4.79 Å². The molecule has 2 fully saturated rings. The lowest BCUT2D eigenvalue weighted by molar-refractivity contribution is -0.138. The first kappa shape index (κ1) is 12.9. The first-order chi connectivity index (χ1) is 8.20. The summed E-state index contributed by atoms with van der Waals surface area (Å²) >= 11 is 0. The monoisotopic (exact) mass is 238 g/mol. The number of piperidine rings is 1. The molecular weight excluding hydrogens is 212 g/mol. The van der Waals surface area contributed by atoms with Crippen molar-refractivity contribution in [2.75, 3.05) is 13.1 Å². The lowest BCUT2D eigenvalue weighted by atomic mass is 9.84. The molecule has 1 amide bonds. The Morgan fingerprint density at radius 2 is 1.71 bits per heavy atom. The van der Waals surface area contributed by atoms with Crippen LogP contribution >= 0.6 is 0 Å². The summed E-state index contributed by atoms with van der Waals surface area (Å²) in [7, 11) is 0. The first-order valence-corrected chi connectivity index (χ1v) is 7.25. The third-order valence-corrected chi connectivity index (χ3v) is 4.62. The molecule has 2 N–H and O–H groups in total. The largest absolute Gasteiger partial charge is 0.342 e. The van der Waals surface area contributed by atoms with Crippen LogP contribution in [0.3, 0.4) is 0 Å². The third kappa shape index (κ3) is 3.21. The molecule has 1 saturated carbocycles. The van der Waals surface area contributed by atoms with Gasteiger partial charge in [0.1, 0.15) is 0 Å². The van der Waals surface area contributed by atoms with E-state index >= 15 is 0 Å². The molecule has 0 radical (unpaired) electrons. The Bertz CT molecular complexity index is 251. The Morgan fingerprint density at radius 1 is 1.12 bits per heavy atom. The van der Waals surface area contributed by atoms with E-state index in [0.717, 1.165) is 44.7 Å². The highest BCUT2D eigenvalue weighted by atomic mass is 16.2. The van der Waals surface area contributed by atoms with E-state index in [1.165, 1.54) is 19.3 Å². The van der Waals surface area contributed by atoms with Gasteiger partial charge >= 0.3 is 0 Å². The van der Waals surface area contributed by atoms with Crippen LogP contribution < -0.4 is 5.73 Å². The molecule has 3 heteroatoms. The molecular formula is C14H26N2O. The Balaban J connectivity index is 1.80. The van der Waals surface area contributed by atoms with Crippen molar-refractivity contribution in [2.45, 2.75) is 57.9 Å². The lowest BCUT2D eigenvalue weighted by Crippen LogP contribution is -2.43. The number of hydrogen-bond acceptors (Lipinski definition) is 2. The van der Waals surface area contributed by atoms with E-state index in [-0.39, 0.29) is 5.92 Å². The fraction of sp³-hybridized carbons (Fsp3) is 0.929. The highest BCUT2D eigenvalue weighted by Crippen LogP contribution is 2.27. The molecule has 3 nitrogen and oxygen atoms in total. The van der Waals surface area contributed by atoms with E-state index in [4.69, 9.17) is 5.73 Å². The van der Waals surface area contributed by atoms with E-state index in [1.54, 1.807) is 0 Å². The van der Waals surface area contributed by atoms with Gasteiger partial charge in [-0.25, -0.2) is 0 Å². The molecule has 0 aromatic rings. The molecule has 0 bridgehead atoms. The van der Waals surface area contributed by atoms with Gasteiger partial charge in [0.05, 0.1) is 0 Å². The van der Waals surface area contributed by atoms with Crippen molar-refractivity contribution in [3.8, 4) is 0 Å². The van der Waals surface area contributed by atoms with Gasteiger partial charge in [-0.1, -0.05) is 13.3 Å². The Hall–Kier alpha value is -0.570. The molecule has 1 aliphatic heterocycles. The smallest absolute Gasteiger partial charge is 0.225 e. The zero-order valence-corrected chi connectivity index (χ0v) is 11.0. The van der Waals surface area contributed by atoms with Crippen LogP contribution in [0.2, 0.25) is 0 Å². The molecule has 17 heavy (non-hydrogen) atoms. The number of carbonyl (C=O) groups is 1. The molecule has 1 heterocycles. The van der Waals surface area contributed by atoms with Crippen LogP contribution in [0.15, 0.2) is 0 Å². The molecule has 98 valence electrons. The Morgan fingerprint density at radius 3 is 2.24 bits per heavy atom. The van der Waals surface area contributed by atoms with Gasteiger partial charge in [-0.2, -0.15) is 0 Å². The minimum absolute atomic E-state index is 0.271. The van der Waals surface area contributed by atoms with Gasteiger partial charge in [0.15, 0.2) is 0 Å². The molecule has 1 aliphatic carbocycles. The van der Waals surface area contributed by atoms with Crippen molar-refractivity contribution in [1.29, 1.82) is 0 Å². The van der Waals surface area contributed by atoms with E-state index in [2.05, 4.69) is 11.8 Å². The van der Waals surface area contributed by atoms with Gasteiger partial charge in [-0.15, -0.1) is 0 Å². The molecule has 0 aromatic heterocycles. The van der Waals surface area contributed by atoms with Crippen molar-refractivity contribution < 1.29 is 4.79 Å². The zero-order valence-electron chi connectivity index (χ0n) is 11.0. The second-order valence-corrected chi connectivity index (χ2v) is 5.79. The second-order valence-electron chi connectivity index (χ2n) is 5.79. The number of rotatable bonds is 2. The normalized spacial score (nSPS) is 31.5. The minimum Gasteiger partial charge on any atom is -0.342 e. The van der Waals surface area contributed by atoms with Crippen LogP contribution in [0, 0.1) is 11.8 Å². The molecule has 0 spiro atoms. The highest BCUT2D eigenvalue weighted by Gasteiger charge is 2.30. The summed E-state index contributed by atoms with van der Waals surface area (Å²) < 4.78 is 0. The number of likely N-dealkylation sites (tertiary alicyclic amines) is 1. The van der Waals surface area contributed by atoms with Gasteiger partial charge in [-0.05, 0) is 44.4 Å². The van der Waals surface area contributed by atoms with Gasteiger partial charge < -0.3 is 10.6 Å². The summed E-state index contributed by atoms with van der Waals surface area (Å²) in [6.07, 6.45) is 7.74. The van der Waals surface area contributed by atoms with Crippen LogP contribution in [-0.4, -0.2) is 29.9 Å². The maximum atomic E-state index is 12.3. The minimum atomic E-state index is 0.271. The van der Waals surface area contributed by atoms with Crippen molar-refractivity contribution in [2.24, 2.45) is 17.6 Å². The molecule has 1 saturated heterocycles. The van der Waals surface area contributed by atoms with E-state index in [0.29, 0.717) is 11.9 Å². The molecule has 0 aromatic carbocycles. The number of nitrogens with two attached hydrogens (primary N) is 1. The van der Waals surface area contributed by atoms with Crippen molar-refractivity contribution in [1.82, 2.24) is 4.90 Å². The van der Waals surface area contributed by atoms with Gasteiger partial charge in [0.2, 0.25) is 5.91 Å². The third-order valence-electron chi connectivity index (χ3n) is 4.62. The SMILES string of the molecule is CCC1CCN(C(=O)C2CCC(N)CC2)CC1. The van der Waals surface area contributed by atoms with Crippen LogP contribution in [0.1, 0.15) is 51.9 Å². The lowest BCUT2D eigenvalue weighted by Gasteiger charge is -2.35. The first-order valence-electron chi connectivity index (χ1n) is 7.25. The average Bonchev–Trinajstić information content (AvgIpc) is 2.39. The number of carbonyl (C=O) groups excluding carboxylic acids is 1. The second kappa shape index (κ2) is 5.85. The van der Waals surface area contributed by atoms with E-state index in [1.807, 2.05) is 0 Å². The molecule has 0 unspecified atom stereocenters. The fourth-order valence-electron chi connectivity index (χ4n) is 3.19. The van der Waals surface area contributed by atoms with E-state index < -0.39 is 0 Å². The van der Waals surface area contributed by atoms with Gasteiger partial charge in [0, 0.05) is 25.0 Å². The standard InChI is InChI=1S/C14H26N2O/c1-2-11-7-9-16(10-8-11)14(17)12-3-5-13(15)6-4-12/h11-13H,2-10,15H2,1H3. The number of nitrogens with zero attached hydrogens (tertiary/aromatic N) is 1. The number of hydrogen-bond donors (Lipinski definition) is 1. The molecule has 0 atom stereocenters. The summed E-state index contributed by atoms with van der Waals surface area (Å²) in [4.78, 5) is 14.4. The van der Waals surface area contributed by atoms with Crippen molar-refractivity contribution >= 4 is 5.91 Å². The summed E-state index contributed by atoms with van der Waals surface area (Å²) in [5.41, 5.74) is 5.89. The van der Waals surface area contributed by atoms with Crippen molar-refractivity contribution in [3.05, 3.63) is 0 Å². The number of amides is 1. The predicted molar refractivity (Wildman–Crippen MR) is 69.5 cm³/mol. The van der Waals surface area contributed by atoms with Gasteiger partial charge in [0.25, 0.3) is 0 Å². The molecule has 2 rings (SSSR count). The fourth-order valence-corrected chi connectivity index (χ4v) is 3.19. The van der Waals surface area contributed by atoms with Crippen LogP contribution in [0.25, 0.3) is 0 Å². The summed E-state index contributed by atoms with van der Waals surface area (Å²) in [6, 6.07) is 0.338. The topological polar surface area (TPSA) is 46.3 Å². The maximum absolute atomic E-state index is 12.3. The van der Waals surface area contributed by atoms with Crippen molar-refractivity contribution in [3.63, 3.8) is 0 Å². The van der Waals surface area contributed by atoms with E-state index in [9.17, 15) is 4.79 Å². The predicted octanol–water partition coefficient (Wildman–Crippen LogP) is 2.15. The Labute approximate surface area is 105 Å². The average molecular weight is 238 g/mol. The van der Waals surface area contributed by atoms with Gasteiger partial charge in [-0.3, -0.25) is 4.79 Å². The molecule has 2 aliphatic rings. The highest BCUT2D eigenvalue weighted by molar-refractivity contribution is 5.79. The zero-order chi connectivity index (χ0) is 12.3. The quantitative estimate of drug-likeness (QED) is 0.801. The van der Waals surface area contributed by atoms with Crippen LogP contribution in [0.5, 0.6) is 0 Å². The summed E-state index contributed by atoms with van der Waals surface area (Å²) in [5.74, 6) is 1.53. The summed E-state index contributed by atoms with van der Waals surface area (Å²) in [5, 5.41) is 0. The Kier molecular flexibility index (Phi) is 4.43. The van der Waals surface area contributed by atoms with Crippen LogP contribution in [0.4, 0.5) is 0 Å².